The first kappa shape index (κ1) is 28.8. The van der Waals surface area contributed by atoms with Crippen LogP contribution in [0.4, 0.5) is 0 Å². The third-order valence-electron chi connectivity index (χ3n) is 7.87. The number of benzene rings is 2. The first-order chi connectivity index (χ1) is 21.0. The van der Waals surface area contributed by atoms with Crippen LogP contribution in [0.2, 0.25) is 0 Å². The Morgan fingerprint density at radius 3 is 2.47 bits per heavy atom. The van der Waals surface area contributed by atoms with Gasteiger partial charge < -0.3 is 0 Å². The van der Waals surface area contributed by atoms with E-state index in [0.717, 1.165) is 77.1 Å². The summed E-state index contributed by atoms with van der Waals surface area (Å²) in [5.41, 5.74) is 7.16. The number of piperidine rings is 1. The monoisotopic (exact) mass is 588 g/mol. The number of H-pyrrole nitrogens is 1. The SMILES string of the molecule is C=C1N=C(c2ccc(CN3CCC(c4nc(-c5cccc(C)n5)n[nH]4)CC3)cc2)C(c2ccccc2)=CN1/N=C(\C)SC. The molecule has 0 radical (unpaired) electrons. The van der Waals surface area contributed by atoms with Crippen LogP contribution >= 0.6 is 11.8 Å². The highest BCUT2D eigenvalue weighted by Crippen LogP contribution is 2.30. The summed E-state index contributed by atoms with van der Waals surface area (Å²) in [4.78, 5) is 16.8. The van der Waals surface area contributed by atoms with Gasteiger partial charge in [-0.1, -0.05) is 67.2 Å². The fourth-order valence-electron chi connectivity index (χ4n) is 5.46. The summed E-state index contributed by atoms with van der Waals surface area (Å²) in [6, 6.07) is 25.1. The first-order valence-electron chi connectivity index (χ1n) is 14.6. The average molecular weight is 589 g/mol. The quantitative estimate of drug-likeness (QED) is 0.187. The van der Waals surface area contributed by atoms with Gasteiger partial charge in [0.05, 0.1) is 10.8 Å². The second kappa shape index (κ2) is 12.9. The van der Waals surface area contributed by atoms with Crippen LogP contribution in [-0.4, -0.2) is 60.2 Å². The van der Waals surface area contributed by atoms with E-state index in [4.69, 9.17) is 9.98 Å². The number of hydrogen-bond donors (Lipinski definition) is 1. The van der Waals surface area contributed by atoms with E-state index in [0.29, 0.717) is 17.6 Å². The predicted molar refractivity (Wildman–Crippen MR) is 177 cm³/mol. The van der Waals surface area contributed by atoms with Gasteiger partial charge in [-0.05, 0) is 69.3 Å². The minimum absolute atomic E-state index is 0.383. The molecule has 2 aromatic carbocycles. The molecule has 2 aromatic heterocycles. The number of pyridine rings is 1. The zero-order valence-corrected chi connectivity index (χ0v) is 25.7. The van der Waals surface area contributed by atoms with E-state index in [-0.39, 0.29) is 0 Å². The number of aliphatic imine (C=N–C) groups is 1. The van der Waals surface area contributed by atoms with Gasteiger partial charge in [0.15, 0.2) is 5.82 Å². The standard InChI is InChI=1S/C34H36N8S/c1-23-9-8-12-31(35-23)34-37-33(38-39-34)29-17-19-41(20-18-29)21-26-13-15-28(16-14-26)32-30(27-10-6-5-7-11-27)22-42(24(2)36-32)40-25(3)43-4/h5-16,22,29H,2,17-21H2,1,3-4H3,(H,37,38,39)/b40-25+. The van der Waals surface area contributed by atoms with Gasteiger partial charge in [-0.25, -0.2) is 20.0 Å². The van der Waals surface area contributed by atoms with Crippen LogP contribution in [0.3, 0.4) is 0 Å². The lowest BCUT2D eigenvalue weighted by Gasteiger charge is -2.31. The van der Waals surface area contributed by atoms with Crippen molar-refractivity contribution >= 4 is 28.1 Å². The van der Waals surface area contributed by atoms with E-state index in [9.17, 15) is 0 Å². The van der Waals surface area contributed by atoms with Gasteiger partial charge in [0.1, 0.15) is 17.3 Å². The summed E-state index contributed by atoms with van der Waals surface area (Å²) in [7, 11) is 0. The van der Waals surface area contributed by atoms with Crippen LogP contribution in [0, 0.1) is 6.92 Å². The van der Waals surface area contributed by atoms with Crippen molar-refractivity contribution in [2.45, 2.75) is 39.2 Å². The third-order valence-corrected chi connectivity index (χ3v) is 8.54. The molecular formula is C34H36N8S. The van der Waals surface area contributed by atoms with Gasteiger partial charge >= 0.3 is 0 Å². The summed E-state index contributed by atoms with van der Waals surface area (Å²) in [6.45, 7) is 11.1. The Hall–Kier alpha value is -4.34. The highest BCUT2D eigenvalue weighted by molar-refractivity contribution is 8.13. The summed E-state index contributed by atoms with van der Waals surface area (Å²) in [6.07, 6.45) is 6.15. The molecule has 0 saturated carbocycles. The van der Waals surface area contributed by atoms with Crippen molar-refractivity contribution < 1.29 is 0 Å². The summed E-state index contributed by atoms with van der Waals surface area (Å²) in [5.74, 6) is 2.62. The van der Waals surface area contributed by atoms with Crippen molar-refractivity contribution in [2.75, 3.05) is 19.3 Å². The maximum absolute atomic E-state index is 4.92. The van der Waals surface area contributed by atoms with Crippen LogP contribution in [0.25, 0.3) is 17.1 Å². The molecule has 4 heterocycles. The Labute approximate surface area is 257 Å². The minimum atomic E-state index is 0.383. The molecule has 0 amide bonds. The molecule has 0 atom stereocenters. The molecule has 43 heavy (non-hydrogen) atoms. The average Bonchev–Trinajstić information content (AvgIpc) is 3.54. The molecule has 4 aromatic rings. The van der Waals surface area contributed by atoms with Crippen molar-refractivity contribution in [2.24, 2.45) is 10.1 Å². The lowest BCUT2D eigenvalue weighted by atomic mass is 9.94. The number of likely N-dealkylation sites (tertiary alicyclic amines) is 1. The molecule has 8 nitrogen and oxygen atoms in total. The Kier molecular flexibility index (Phi) is 8.62. The van der Waals surface area contributed by atoms with E-state index >= 15 is 0 Å². The maximum Gasteiger partial charge on any atom is 0.199 e. The van der Waals surface area contributed by atoms with Gasteiger partial charge in [-0.15, -0.1) is 11.8 Å². The van der Waals surface area contributed by atoms with Gasteiger partial charge in [0.2, 0.25) is 0 Å². The lowest BCUT2D eigenvalue weighted by Crippen LogP contribution is -2.32. The predicted octanol–water partition coefficient (Wildman–Crippen LogP) is 6.87. The van der Waals surface area contributed by atoms with Crippen LogP contribution in [0.1, 0.15) is 53.9 Å². The molecule has 9 heteroatoms. The number of thioether (sulfide) groups is 1. The fraction of sp³-hybridized carbons (Fsp3) is 0.265. The Balaban J connectivity index is 1.11. The molecule has 0 aliphatic carbocycles. The number of nitrogens with zero attached hydrogens (tertiary/aromatic N) is 7. The molecule has 1 N–H and O–H groups in total. The summed E-state index contributed by atoms with van der Waals surface area (Å²) >= 11 is 1.61. The van der Waals surface area contributed by atoms with Crippen LogP contribution in [-0.2, 0) is 6.54 Å². The minimum Gasteiger partial charge on any atom is -0.299 e. The second-order valence-corrected chi connectivity index (χ2v) is 11.9. The molecule has 1 fully saturated rings. The van der Waals surface area contributed by atoms with Gasteiger partial charge in [-0.3, -0.25) is 10.00 Å². The molecule has 0 spiro atoms. The number of rotatable bonds is 7. The van der Waals surface area contributed by atoms with Gasteiger partial charge in [-0.2, -0.15) is 10.2 Å². The molecule has 0 bridgehead atoms. The van der Waals surface area contributed by atoms with Crippen molar-refractivity contribution in [3.63, 3.8) is 0 Å². The fourth-order valence-corrected chi connectivity index (χ4v) is 5.63. The third kappa shape index (κ3) is 6.68. The maximum atomic E-state index is 4.92. The Morgan fingerprint density at radius 2 is 1.74 bits per heavy atom. The molecular weight excluding hydrogens is 552 g/mol. The largest absolute Gasteiger partial charge is 0.299 e. The number of allylic oxidation sites excluding steroid dienone is 1. The number of aromatic amines is 1. The summed E-state index contributed by atoms with van der Waals surface area (Å²) in [5, 5.41) is 15.0. The highest BCUT2D eigenvalue weighted by Gasteiger charge is 2.25. The molecule has 2 aliphatic rings. The van der Waals surface area contributed by atoms with Crippen molar-refractivity contribution in [1.82, 2.24) is 30.1 Å². The van der Waals surface area contributed by atoms with Gasteiger partial charge in [0.25, 0.3) is 0 Å². The van der Waals surface area contributed by atoms with E-state index < -0.39 is 0 Å². The van der Waals surface area contributed by atoms with Crippen LogP contribution in [0.5, 0.6) is 0 Å². The molecule has 2 aliphatic heterocycles. The molecule has 0 unspecified atom stereocenters. The van der Waals surface area contributed by atoms with Crippen LogP contribution < -0.4 is 0 Å². The van der Waals surface area contributed by atoms with Gasteiger partial charge in [0, 0.05) is 35.5 Å². The second-order valence-electron chi connectivity index (χ2n) is 10.9. The normalized spacial score (nSPS) is 16.8. The number of hydrogen-bond acceptors (Lipinski definition) is 8. The number of aryl methyl sites for hydroxylation is 1. The van der Waals surface area contributed by atoms with E-state index in [2.05, 4.69) is 68.2 Å². The van der Waals surface area contributed by atoms with Crippen LogP contribution in [0.15, 0.2) is 101 Å². The summed E-state index contributed by atoms with van der Waals surface area (Å²) < 4.78 is 0. The zero-order valence-electron chi connectivity index (χ0n) is 24.9. The first-order valence-corrected chi connectivity index (χ1v) is 15.8. The topological polar surface area (TPSA) is 85.7 Å². The van der Waals surface area contributed by atoms with Crippen molar-refractivity contribution in [1.29, 1.82) is 0 Å². The Morgan fingerprint density at radius 1 is 0.977 bits per heavy atom. The number of hydrazone groups is 1. The molecule has 6 rings (SSSR count). The smallest absolute Gasteiger partial charge is 0.199 e. The van der Waals surface area contributed by atoms with E-state index in [1.165, 1.54) is 5.56 Å². The van der Waals surface area contributed by atoms with Crippen molar-refractivity contribution in [3.05, 3.63) is 120 Å². The number of nitrogens with one attached hydrogen (secondary N) is 1. The lowest BCUT2D eigenvalue weighted by molar-refractivity contribution is 0.202. The van der Waals surface area contributed by atoms with Crippen molar-refractivity contribution in [3.8, 4) is 11.5 Å². The van der Waals surface area contributed by atoms with E-state index in [1.807, 2.05) is 62.7 Å². The molecule has 218 valence electrons. The van der Waals surface area contributed by atoms with E-state index in [1.54, 1.807) is 16.8 Å². The molecule has 1 saturated heterocycles. The highest BCUT2D eigenvalue weighted by atomic mass is 32.2. The zero-order chi connectivity index (χ0) is 29.8. The number of aromatic nitrogens is 4. The Bertz CT molecular complexity index is 1680.